The Morgan fingerprint density at radius 3 is 2.32 bits per heavy atom. The van der Waals surface area contributed by atoms with E-state index in [1.165, 1.54) is 70.9 Å². The summed E-state index contributed by atoms with van der Waals surface area (Å²) in [6.45, 7) is 9.55. The van der Waals surface area contributed by atoms with Crippen molar-refractivity contribution in [1.82, 2.24) is 10.2 Å². The quantitative estimate of drug-likeness (QED) is 0.810. The zero-order chi connectivity index (χ0) is 13.7. The highest BCUT2D eigenvalue weighted by Crippen LogP contribution is 2.31. The Morgan fingerprint density at radius 2 is 1.74 bits per heavy atom. The Hall–Kier alpha value is -0.0800. The van der Waals surface area contributed by atoms with Crippen LogP contribution < -0.4 is 5.32 Å². The van der Waals surface area contributed by atoms with E-state index in [0.717, 1.165) is 12.1 Å². The van der Waals surface area contributed by atoms with E-state index in [9.17, 15) is 0 Å². The van der Waals surface area contributed by atoms with Crippen molar-refractivity contribution in [3.63, 3.8) is 0 Å². The topological polar surface area (TPSA) is 15.3 Å². The third-order valence-corrected chi connectivity index (χ3v) is 5.69. The van der Waals surface area contributed by atoms with Crippen molar-refractivity contribution in [2.24, 2.45) is 0 Å². The Labute approximate surface area is 120 Å². The molecule has 1 aliphatic carbocycles. The number of hydrogen-bond donors (Lipinski definition) is 1. The summed E-state index contributed by atoms with van der Waals surface area (Å²) in [7, 11) is 0. The highest BCUT2D eigenvalue weighted by atomic mass is 15.3. The Balaban J connectivity index is 2.07. The maximum Gasteiger partial charge on any atom is 0.0304 e. The average Bonchev–Trinajstić information content (AvgIpc) is 2.49. The number of nitrogens with one attached hydrogen (secondary N) is 1. The van der Waals surface area contributed by atoms with E-state index in [2.05, 4.69) is 31.0 Å². The van der Waals surface area contributed by atoms with Crippen molar-refractivity contribution in [3.8, 4) is 0 Å². The molecule has 2 nitrogen and oxygen atoms in total. The number of hydrogen-bond acceptors (Lipinski definition) is 2. The Kier molecular flexibility index (Phi) is 5.70. The van der Waals surface area contributed by atoms with Crippen molar-refractivity contribution >= 4 is 0 Å². The summed E-state index contributed by atoms with van der Waals surface area (Å²) in [5.74, 6) is 0. The molecule has 0 aromatic carbocycles. The fourth-order valence-electron chi connectivity index (χ4n) is 4.15. The molecule has 1 heterocycles. The Bertz CT molecular complexity index is 249. The van der Waals surface area contributed by atoms with Gasteiger partial charge in [0.2, 0.25) is 0 Å². The molecular weight excluding hydrogens is 232 g/mol. The molecule has 1 saturated heterocycles. The third kappa shape index (κ3) is 3.52. The van der Waals surface area contributed by atoms with Gasteiger partial charge in [-0.1, -0.05) is 46.5 Å². The fraction of sp³-hybridized carbons (Fsp3) is 1.00. The van der Waals surface area contributed by atoms with E-state index in [-0.39, 0.29) is 0 Å². The zero-order valence-electron chi connectivity index (χ0n) is 13.4. The monoisotopic (exact) mass is 266 g/mol. The average molecular weight is 266 g/mol. The van der Waals surface area contributed by atoms with Gasteiger partial charge in [0, 0.05) is 30.7 Å². The van der Waals surface area contributed by atoms with E-state index in [1.807, 2.05) is 0 Å². The predicted octanol–water partition coefficient (Wildman–Crippen LogP) is 3.95. The normalized spacial score (nSPS) is 29.5. The van der Waals surface area contributed by atoms with E-state index >= 15 is 0 Å². The molecule has 1 atom stereocenters. The SMILES string of the molecule is CCCC1CNC(CC)(CC)CN1C1CCCCC1. The van der Waals surface area contributed by atoms with Crippen molar-refractivity contribution in [2.75, 3.05) is 13.1 Å². The molecule has 1 aliphatic heterocycles. The lowest BCUT2D eigenvalue weighted by molar-refractivity contribution is 0.0194. The predicted molar refractivity (Wildman–Crippen MR) is 83.6 cm³/mol. The minimum atomic E-state index is 0.391. The number of piperazine rings is 1. The lowest BCUT2D eigenvalue weighted by atomic mass is 9.84. The maximum absolute atomic E-state index is 3.89. The van der Waals surface area contributed by atoms with E-state index in [4.69, 9.17) is 0 Å². The van der Waals surface area contributed by atoms with Gasteiger partial charge in [0.25, 0.3) is 0 Å². The van der Waals surface area contributed by atoms with Gasteiger partial charge in [-0.25, -0.2) is 0 Å². The van der Waals surface area contributed by atoms with Crippen LogP contribution in [0.2, 0.25) is 0 Å². The van der Waals surface area contributed by atoms with Crippen molar-refractivity contribution < 1.29 is 0 Å². The molecule has 0 amide bonds. The van der Waals surface area contributed by atoms with Crippen LogP contribution in [0.25, 0.3) is 0 Å². The van der Waals surface area contributed by atoms with Gasteiger partial charge in [-0.05, 0) is 32.1 Å². The molecule has 19 heavy (non-hydrogen) atoms. The molecule has 2 aliphatic rings. The molecule has 0 radical (unpaired) electrons. The van der Waals surface area contributed by atoms with Crippen molar-refractivity contribution in [2.45, 2.75) is 96.2 Å². The second-order valence-electron chi connectivity index (χ2n) is 6.78. The molecule has 2 heteroatoms. The minimum absolute atomic E-state index is 0.391. The third-order valence-electron chi connectivity index (χ3n) is 5.69. The van der Waals surface area contributed by atoms with Gasteiger partial charge in [-0.2, -0.15) is 0 Å². The molecule has 2 rings (SSSR count). The van der Waals surface area contributed by atoms with Crippen LogP contribution in [-0.4, -0.2) is 35.6 Å². The smallest absolute Gasteiger partial charge is 0.0304 e. The van der Waals surface area contributed by atoms with Crippen LogP contribution in [0.5, 0.6) is 0 Å². The summed E-state index contributed by atoms with van der Waals surface area (Å²) in [5, 5.41) is 3.89. The molecule has 0 aromatic heterocycles. The summed E-state index contributed by atoms with van der Waals surface area (Å²) in [6, 6.07) is 1.67. The van der Waals surface area contributed by atoms with Gasteiger partial charge < -0.3 is 5.32 Å². The van der Waals surface area contributed by atoms with Crippen molar-refractivity contribution in [3.05, 3.63) is 0 Å². The summed E-state index contributed by atoms with van der Waals surface area (Å²) >= 11 is 0. The van der Waals surface area contributed by atoms with Gasteiger partial charge in [0.15, 0.2) is 0 Å². The first kappa shape index (κ1) is 15.3. The first-order valence-electron chi connectivity index (χ1n) is 8.75. The van der Waals surface area contributed by atoms with E-state index < -0.39 is 0 Å². The minimum Gasteiger partial charge on any atom is -0.308 e. The molecule has 0 bridgehead atoms. The molecule has 1 N–H and O–H groups in total. The van der Waals surface area contributed by atoms with Crippen LogP contribution in [0, 0.1) is 0 Å². The maximum atomic E-state index is 3.89. The standard InChI is InChI=1S/C17H34N2/c1-4-10-16-13-18-17(5-2,6-3)14-19(16)15-11-8-7-9-12-15/h15-16,18H,4-14H2,1-3H3. The van der Waals surface area contributed by atoms with Gasteiger partial charge >= 0.3 is 0 Å². The van der Waals surface area contributed by atoms with Crippen LogP contribution in [0.15, 0.2) is 0 Å². The van der Waals surface area contributed by atoms with Gasteiger partial charge in [-0.3, -0.25) is 4.90 Å². The molecule has 1 unspecified atom stereocenters. The molecule has 1 saturated carbocycles. The summed E-state index contributed by atoms with van der Waals surface area (Å²) < 4.78 is 0. The van der Waals surface area contributed by atoms with Gasteiger partial charge in [0.1, 0.15) is 0 Å². The summed E-state index contributed by atoms with van der Waals surface area (Å²) in [4.78, 5) is 2.91. The molecule has 0 aromatic rings. The molecule has 0 spiro atoms. The van der Waals surface area contributed by atoms with Gasteiger partial charge in [-0.15, -0.1) is 0 Å². The molecular formula is C17H34N2. The van der Waals surface area contributed by atoms with E-state index in [1.54, 1.807) is 0 Å². The highest BCUT2D eigenvalue weighted by molar-refractivity contribution is 4.99. The van der Waals surface area contributed by atoms with Crippen LogP contribution in [0.4, 0.5) is 0 Å². The second kappa shape index (κ2) is 7.08. The van der Waals surface area contributed by atoms with Crippen LogP contribution in [0.3, 0.4) is 0 Å². The van der Waals surface area contributed by atoms with Crippen LogP contribution in [0.1, 0.15) is 78.6 Å². The van der Waals surface area contributed by atoms with E-state index in [0.29, 0.717) is 5.54 Å². The van der Waals surface area contributed by atoms with Crippen LogP contribution in [-0.2, 0) is 0 Å². The molecule has 112 valence electrons. The first-order chi connectivity index (χ1) is 9.24. The highest BCUT2D eigenvalue weighted by Gasteiger charge is 2.39. The Morgan fingerprint density at radius 1 is 1.05 bits per heavy atom. The molecule has 2 fully saturated rings. The van der Waals surface area contributed by atoms with Gasteiger partial charge in [0.05, 0.1) is 0 Å². The zero-order valence-corrected chi connectivity index (χ0v) is 13.4. The second-order valence-corrected chi connectivity index (χ2v) is 6.78. The van der Waals surface area contributed by atoms with Crippen LogP contribution >= 0.6 is 0 Å². The summed E-state index contributed by atoms with van der Waals surface area (Å²) in [5.41, 5.74) is 0.391. The number of nitrogens with zero attached hydrogens (tertiary/aromatic N) is 1. The largest absolute Gasteiger partial charge is 0.308 e. The fourth-order valence-corrected chi connectivity index (χ4v) is 4.15. The number of rotatable bonds is 5. The first-order valence-corrected chi connectivity index (χ1v) is 8.75. The van der Waals surface area contributed by atoms with Crippen molar-refractivity contribution in [1.29, 1.82) is 0 Å². The summed E-state index contributed by atoms with van der Waals surface area (Å²) in [6.07, 6.45) is 12.5. The lowest BCUT2D eigenvalue weighted by Gasteiger charge is -2.51. The lowest BCUT2D eigenvalue weighted by Crippen LogP contribution is -2.65.